The number of rotatable bonds is 10. The number of hydrogen-bond donors (Lipinski definition) is 1. The summed E-state index contributed by atoms with van der Waals surface area (Å²) in [6, 6.07) is 11.1. The number of furan rings is 1. The summed E-state index contributed by atoms with van der Waals surface area (Å²) in [5.41, 5.74) is 0.550. The lowest BCUT2D eigenvalue weighted by molar-refractivity contribution is 0.0995. The standard InChI is InChI=1S/C21H26N4O4S/c1-3-24(4-2)12-13-25-15-17(14-22-25)23-21(26)20-11-10-18(29-20)16-30(27,28)19-8-6-5-7-9-19/h5-11,14-15H,3-4,12-13,16H2,1-2H3,(H,23,26). The van der Waals surface area contributed by atoms with Crippen molar-refractivity contribution in [1.29, 1.82) is 0 Å². The first kappa shape index (κ1) is 21.8. The summed E-state index contributed by atoms with van der Waals surface area (Å²) in [7, 11) is -3.54. The molecule has 1 aromatic carbocycles. The van der Waals surface area contributed by atoms with Gasteiger partial charge in [0.15, 0.2) is 15.6 Å². The quantitative estimate of drug-likeness (QED) is 0.531. The maximum Gasteiger partial charge on any atom is 0.291 e. The molecule has 0 unspecified atom stereocenters. The smallest absolute Gasteiger partial charge is 0.291 e. The second-order valence-electron chi connectivity index (χ2n) is 6.81. The van der Waals surface area contributed by atoms with Gasteiger partial charge in [0.25, 0.3) is 5.91 Å². The van der Waals surface area contributed by atoms with Gasteiger partial charge in [0.05, 0.1) is 23.3 Å². The van der Waals surface area contributed by atoms with E-state index in [2.05, 4.69) is 29.2 Å². The molecule has 3 aromatic rings. The number of carbonyl (C=O) groups excluding carboxylic acids is 1. The zero-order chi connectivity index (χ0) is 21.6. The fourth-order valence-electron chi connectivity index (χ4n) is 3.00. The molecule has 2 aromatic heterocycles. The van der Waals surface area contributed by atoms with Crippen molar-refractivity contribution in [3.8, 4) is 0 Å². The lowest BCUT2D eigenvalue weighted by Crippen LogP contribution is -2.27. The van der Waals surface area contributed by atoms with Crippen molar-refractivity contribution in [2.24, 2.45) is 0 Å². The molecule has 0 saturated carbocycles. The monoisotopic (exact) mass is 430 g/mol. The van der Waals surface area contributed by atoms with E-state index in [0.717, 1.165) is 26.2 Å². The normalized spacial score (nSPS) is 11.7. The van der Waals surface area contributed by atoms with Gasteiger partial charge in [-0.25, -0.2) is 8.42 Å². The highest BCUT2D eigenvalue weighted by Gasteiger charge is 2.19. The van der Waals surface area contributed by atoms with E-state index >= 15 is 0 Å². The fourth-order valence-corrected chi connectivity index (χ4v) is 4.27. The number of anilines is 1. The number of sulfone groups is 1. The van der Waals surface area contributed by atoms with Gasteiger partial charge in [-0.05, 0) is 37.4 Å². The summed E-state index contributed by atoms with van der Waals surface area (Å²) < 4.78 is 32.1. The number of nitrogens with one attached hydrogen (secondary N) is 1. The molecule has 8 nitrogen and oxygen atoms in total. The number of benzene rings is 1. The minimum Gasteiger partial charge on any atom is -0.455 e. The van der Waals surface area contributed by atoms with Crippen molar-refractivity contribution in [3.63, 3.8) is 0 Å². The van der Waals surface area contributed by atoms with Crippen molar-refractivity contribution < 1.29 is 17.6 Å². The van der Waals surface area contributed by atoms with E-state index in [1.165, 1.54) is 24.3 Å². The van der Waals surface area contributed by atoms with Crippen molar-refractivity contribution in [1.82, 2.24) is 14.7 Å². The van der Waals surface area contributed by atoms with Crippen LogP contribution in [-0.4, -0.2) is 48.6 Å². The van der Waals surface area contributed by atoms with Crippen LogP contribution < -0.4 is 5.32 Å². The predicted molar refractivity (Wildman–Crippen MR) is 114 cm³/mol. The van der Waals surface area contributed by atoms with Crippen molar-refractivity contribution in [2.75, 3.05) is 25.0 Å². The molecule has 30 heavy (non-hydrogen) atoms. The molecule has 0 radical (unpaired) electrons. The lowest BCUT2D eigenvalue weighted by atomic mass is 10.4. The Morgan fingerprint density at radius 1 is 1.13 bits per heavy atom. The number of hydrogen-bond acceptors (Lipinski definition) is 6. The Morgan fingerprint density at radius 2 is 1.87 bits per heavy atom. The van der Waals surface area contributed by atoms with Gasteiger partial charge in [-0.15, -0.1) is 0 Å². The van der Waals surface area contributed by atoms with Crippen LogP contribution in [0.25, 0.3) is 0 Å². The topological polar surface area (TPSA) is 97.4 Å². The van der Waals surface area contributed by atoms with Gasteiger partial charge in [-0.2, -0.15) is 5.10 Å². The zero-order valence-corrected chi connectivity index (χ0v) is 17.9. The van der Waals surface area contributed by atoms with Crippen LogP contribution in [0, 0.1) is 0 Å². The van der Waals surface area contributed by atoms with Crippen LogP contribution in [0.2, 0.25) is 0 Å². The second-order valence-corrected chi connectivity index (χ2v) is 8.80. The fraction of sp³-hybridized carbons (Fsp3) is 0.333. The molecule has 1 N–H and O–H groups in total. The van der Waals surface area contributed by atoms with E-state index in [0.29, 0.717) is 5.69 Å². The van der Waals surface area contributed by atoms with Gasteiger partial charge in [-0.3, -0.25) is 9.48 Å². The predicted octanol–water partition coefficient (Wildman–Crippen LogP) is 3.04. The van der Waals surface area contributed by atoms with Gasteiger partial charge in [0, 0.05) is 12.7 Å². The Morgan fingerprint density at radius 3 is 2.57 bits per heavy atom. The number of nitrogens with zero attached hydrogens (tertiary/aromatic N) is 3. The molecule has 1 amide bonds. The molecule has 0 bridgehead atoms. The number of likely N-dealkylation sites (N-methyl/N-ethyl adjacent to an activating group) is 1. The van der Waals surface area contributed by atoms with E-state index < -0.39 is 15.7 Å². The summed E-state index contributed by atoms with van der Waals surface area (Å²) >= 11 is 0. The highest BCUT2D eigenvalue weighted by atomic mass is 32.2. The molecule has 0 aliphatic carbocycles. The van der Waals surface area contributed by atoms with E-state index in [4.69, 9.17) is 4.42 Å². The Labute approximate surface area is 176 Å². The molecular formula is C21H26N4O4S. The maximum atomic E-state index is 12.5. The summed E-state index contributed by atoms with van der Waals surface area (Å²) in [5, 5.41) is 6.98. The van der Waals surface area contributed by atoms with Crippen LogP contribution in [-0.2, 0) is 22.1 Å². The Bertz CT molecular complexity index is 1070. The molecule has 160 valence electrons. The largest absolute Gasteiger partial charge is 0.455 e. The van der Waals surface area contributed by atoms with Gasteiger partial charge >= 0.3 is 0 Å². The van der Waals surface area contributed by atoms with E-state index in [1.54, 1.807) is 35.3 Å². The third-order valence-electron chi connectivity index (χ3n) is 4.75. The first-order chi connectivity index (χ1) is 14.4. The van der Waals surface area contributed by atoms with Crippen molar-refractivity contribution >= 4 is 21.4 Å². The van der Waals surface area contributed by atoms with Gasteiger partial charge in [0.2, 0.25) is 0 Å². The first-order valence-electron chi connectivity index (χ1n) is 9.84. The van der Waals surface area contributed by atoms with Crippen LogP contribution in [0.1, 0.15) is 30.2 Å². The average Bonchev–Trinajstić information content (AvgIpc) is 3.39. The molecular weight excluding hydrogens is 404 g/mol. The van der Waals surface area contributed by atoms with E-state index in [9.17, 15) is 13.2 Å². The Hall–Kier alpha value is -2.91. The van der Waals surface area contributed by atoms with Crippen LogP contribution >= 0.6 is 0 Å². The molecule has 9 heteroatoms. The lowest BCUT2D eigenvalue weighted by Gasteiger charge is -2.17. The van der Waals surface area contributed by atoms with Crippen LogP contribution in [0.5, 0.6) is 0 Å². The third kappa shape index (κ3) is 5.58. The molecule has 0 atom stereocenters. The highest BCUT2D eigenvalue weighted by molar-refractivity contribution is 7.90. The van der Waals surface area contributed by atoms with E-state index in [-0.39, 0.29) is 22.2 Å². The number of aromatic nitrogens is 2. The SMILES string of the molecule is CCN(CC)CCn1cc(NC(=O)c2ccc(CS(=O)(=O)c3ccccc3)o2)cn1. The molecule has 2 heterocycles. The second kappa shape index (κ2) is 9.73. The highest BCUT2D eigenvalue weighted by Crippen LogP contribution is 2.19. The molecule has 0 spiro atoms. The minimum absolute atomic E-state index is 0.0455. The molecule has 0 aliphatic heterocycles. The summed E-state index contributed by atoms with van der Waals surface area (Å²) in [5.74, 6) is -0.516. The summed E-state index contributed by atoms with van der Waals surface area (Å²) in [4.78, 5) is 14.9. The molecule has 0 fully saturated rings. The summed E-state index contributed by atoms with van der Waals surface area (Å²) in [6.07, 6.45) is 3.33. The third-order valence-corrected chi connectivity index (χ3v) is 6.41. The maximum absolute atomic E-state index is 12.5. The van der Waals surface area contributed by atoms with Crippen LogP contribution in [0.4, 0.5) is 5.69 Å². The average molecular weight is 431 g/mol. The molecule has 0 aliphatic rings. The number of carbonyl (C=O) groups is 1. The van der Waals surface area contributed by atoms with Crippen LogP contribution in [0.3, 0.4) is 0 Å². The molecule has 3 rings (SSSR count). The first-order valence-corrected chi connectivity index (χ1v) is 11.5. The van der Waals surface area contributed by atoms with Crippen molar-refractivity contribution in [3.05, 3.63) is 66.4 Å². The van der Waals surface area contributed by atoms with E-state index in [1.807, 2.05) is 0 Å². The van der Waals surface area contributed by atoms with Gasteiger partial charge in [0.1, 0.15) is 11.5 Å². The van der Waals surface area contributed by atoms with Gasteiger partial charge in [-0.1, -0.05) is 32.0 Å². The van der Waals surface area contributed by atoms with Crippen molar-refractivity contribution in [2.45, 2.75) is 31.0 Å². The molecule has 0 saturated heterocycles. The Balaban J connectivity index is 1.59. The van der Waals surface area contributed by atoms with Gasteiger partial charge < -0.3 is 14.6 Å². The Kier molecular flexibility index (Phi) is 7.07. The minimum atomic E-state index is -3.54. The number of amides is 1. The zero-order valence-electron chi connectivity index (χ0n) is 17.1. The summed E-state index contributed by atoms with van der Waals surface area (Å²) in [6.45, 7) is 7.77. The van der Waals surface area contributed by atoms with Crippen LogP contribution in [0.15, 0.2) is 64.2 Å².